The van der Waals surface area contributed by atoms with Crippen molar-refractivity contribution < 1.29 is 27.8 Å². The number of carbonyl (C=O) groups excluding carboxylic acids is 1. The maximum Gasteiger partial charge on any atom is 0.387 e. The van der Waals surface area contributed by atoms with E-state index in [2.05, 4.69) is 9.84 Å². The van der Waals surface area contributed by atoms with Crippen LogP contribution in [-0.4, -0.2) is 29.0 Å². The second-order valence-corrected chi connectivity index (χ2v) is 4.91. The molecule has 0 aliphatic rings. The predicted octanol–water partition coefficient (Wildman–Crippen LogP) is 3.17. The third kappa shape index (κ3) is 4.68. The van der Waals surface area contributed by atoms with Crippen LogP contribution >= 0.6 is 0 Å². The van der Waals surface area contributed by atoms with Crippen LogP contribution in [0, 0.1) is 0 Å². The van der Waals surface area contributed by atoms with Gasteiger partial charge in [0.1, 0.15) is 12.4 Å². The summed E-state index contributed by atoms with van der Waals surface area (Å²) in [5, 5.41) is 4.03. The summed E-state index contributed by atoms with van der Waals surface area (Å²) in [5.41, 5.74) is 0.307. The summed E-state index contributed by atoms with van der Waals surface area (Å²) in [7, 11) is 1.72. The minimum absolute atomic E-state index is 0.123. The number of rotatable bonds is 8. The zero-order valence-corrected chi connectivity index (χ0v) is 13.4. The summed E-state index contributed by atoms with van der Waals surface area (Å²) in [4.78, 5) is 12.1. The summed E-state index contributed by atoms with van der Waals surface area (Å²) < 4.78 is 41.8. The Morgan fingerprint density at radius 3 is 2.75 bits per heavy atom. The average molecular weight is 340 g/mol. The standard InChI is InChI=1S/C16H18F2N2O4/c1-3-9-22-15(21)11-5-4-6-13(24-16(17)18)12(11)10-23-14-7-8-20(2)19-14/h4-8,16H,3,9-10H2,1-2H3. The normalized spacial score (nSPS) is 10.7. The second-order valence-electron chi connectivity index (χ2n) is 4.91. The molecule has 0 saturated heterocycles. The fourth-order valence-electron chi connectivity index (χ4n) is 2.00. The quantitative estimate of drug-likeness (QED) is 0.691. The van der Waals surface area contributed by atoms with Crippen LogP contribution in [0.25, 0.3) is 0 Å². The Kier molecular flexibility index (Phi) is 6.11. The molecule has 24 heavy (non-hydrogen) atoms. The highest BCUT2D eigenvalue weighted by molar-refractivity contribution is 5.91. The molecule has 0 fully saturated rings. The van der Waals surface area contributed by atoms with E-state index < -0.39 is 12.6 Å². The zero-order valence-electron chi connectivity index (χ0n) is 13.4. The molecule has 0 spiro atoms. The van der Waals surface area contributed by atoms with Gasteiger partial charge in [0, 0.05) is 24.9 Å². The van der Waals surface area contributed by atoms with Gasteiger partial charge in [-0.3, -0.25) is 4.68 Å². The van der Waals surface area contributed by atoms with Gasteiger partial charge in [-0.15, -0.1) is 5.10 Å². The Labute approximate surface area is 137 Å². The highest BCUT2D eigenvalue weighted by Crippen LogP contribution is 2.26. The SMILES string of the molecule is CCCOC(=O)c1cccc(OC(F)F)c1COc1ccn(C)n1. The second kappa shape index (κ2) is 8.28. The van der Waals surface area contributed by atoms with Gasteiger partial charge < -0.3 is 14.2 Å². The van der Waals surface area contributed by atoms with E-state index in [4.69, 9.17) is 9.47 Å². The minimum Gasteiger partial charge on any atom is -0.472 e. The van der Waals surface area contributed by atoms with Gasteiger partial charge in [0.05, 0.1) is 12.2 Å². The molecular formula is C16H18F2N2O4. The summed E-state index contributed by atoms with van der Waals surface area (Å²) in [6.07, 6.45) is 2.33. The highest BCUT2D eigenvalue weighted by atomic mass is 19.3. The van der Waals surface area contributed by atoms with E-state index in [9.17, 15) is 13.6 Å². The van der Waals surface area contributed by atoms with E-state index >= 15 is 0 Å². The van der Waals surface area contributed by atoms with E-state index in [-0.39, 0.29) is 30.1 Å². The number of alkyl halides is 2. The number of hydrogen-bond acceptors (Lipinski definition) is 5. The van der Waals surface area contributed by atoms with Crippen molar-refractivity contribution >= 4 is 5.97 Å². The monoisotopic (exact) mass is 340 g/mol. The summed E-state index contributed by atoms with van der Waals surface area (Å²) in [5.74, 6) is -0.444. The Morgan fingerprint density at radius 2 is 2.12 bits per heavy atom. The van der Waals surface area contributed by atoms with Gasteiger partial charge in [0.2, 0.25) is 5.88 Å². The topological polar surface area (TPSA) is 62.6 Å². The third-order valence-electron chi connectivity index (χ3n) is 3.06. The number of carbonyl (C=O) groups is 1. The number of ether oxygens (including phenoxy) is 3. The molecule has 0 saturated carbocycles. The Morgan fingerprint density at radius 1 is 1.33 bits per heavy atom. The number of aromatic nitrogens is 2. The molecule has 0 radical (unpaired) electrons. The average Bonchev–Trinajstić information content (AvgIpc) is 2.96. The molecule has 2 rings (SSSR count). The molecule has 8 heteroatoms. The minimum atomic E-state index is -3.01. The van der Waals surface area contributed by atoms with E-state index in [1.807, 2.05) is 6.92 Å². The van der Waals surface area contributed by atoms with Crippen molar-refractivity contribution in [1.82, 2.24) is 9.78 Å². The maximum absolute atomic E-state index is 12.6. The lowest BCUT2D eigenvalue weighted by molar-refractivity contribution is -0.0509. The van der Waals surface area contributed by atoms with E-state index in [0.717, 1.165) is 0 Å². The van der Waals surface area contributed by atoms with Crippen LogP contribution in [-0.2, 0) is 18.4 Å². The van der Waals surface area contributed by atoms with Crippen LogP contribution in [0.1, 0.15) is 29.3 Å². The van der Waals surface area contributed by atoms with Crippen molar-refractivity contribution in [3.63, 3.8) is 0 Å². The molecule has 0 aliphatic heterocycles. The van der Waals surface area contributed by atoms with Crippen LogP contribution in [0.2, 0.25) is 0 Å². The molecule has 0 unspecified atom stereocenters. The number of aryl methyl sites for hydroxylation is 1. The Bertz CT molecular complexity index is 688. The molecule has 0 bridgehead atoms. The van der Waals surface area contributed by atoms with Crippen LogP contribution in [0.15, 0.2) is 30.5 Å². The summed E-state index contributed by atoms with van der Waals surface area (Å²) in [6, 6.07) is 5.89. The van der Waals surface area contributed by atoms with Gasteiger partial charge in [0.25, 0.3) is 0 Å². The Balaban J connectivity index is 2.26. The van der Waals surface area contributed by atoms with Crippen molar-refractivity contribution in [2.24, 2.45) is 7.05 Å². The molecule has 0 atom stereocenters. The lowest BCUT2D eigenvalue weighted by Gasteiger charge is -2.14. The zero-order chi connectivity index (χ0) is 17.5. The predicted molar refractivity (Wildman–Crippen MR) is 81.2 cm³/mol. The number of benzene rings is 1. The van der Waals surface area contributed by atoms with Gasteiger partial charge >= 0.3 is 12.6 Å². The maximum atomic E-state index is 12.6. The lowest BCUT2D eigenvalue weighted by atomic mass is 10.1. The molecule has 1 heterocycles. The van der Waals surface area contributed by atoms with Crippen LogP contribution in [0.4, 0.5) is 8.78 Å². The van der Waals surface area contributed by atoms with Crippen LogP contribution in [0.3, 0.4) is 0 Å². The molecule has 0 N–H and O–H groups in total. The summed E-state index contributed by atoms with van der Waals surface area (Å²) in [6.45, 7) is -1.08. The molecule has 6 nitrogen and oxygen atoms in total. The third-order valence-corrected chi connectivity index (χ3v) is 3.06. The van der Waals surface area contributed by atoms with E-state index in [0.29, 0.717) is 12.3 Å². The van der Waals surface area contributed by atoms with Gasteiger partial charge in [-0.05, 0) is 18.6 Å². The molecule has 0 aliphatic carbocycles. The molecular weight excluding hydrogens is 322 g/mol. The van der Waals surface area contributed by atoms with Crippen LogP contribution in [0.5, 0.6) is 11.6 Å². The first-order chi connectivity index (χ1) is 11.5. The largest absolute Gasteiger partial charge is 0.472 e. The fourth-order valence-corrected chi connectivity index (χ4v) is 2.00. The lowest BCUT2D eigenvalue weighted by Crippen LogP contribution is -2.14. The molecule has 2 aromatic rings. The van der Waals surface area contributed by atoms with Crippen molar-refractivity contribution in [2.75, 3.05) is 6.61 Å². The Hall–Kier alpha value is -2.64. The van der Waals surface area contributed by atoms with Gasteiger partial charge in [-0.25, -0.2) is 4.79 Å². The molecule has 1 aromatic carbocycles. The number of esters is 1. The molecule has 0 amide bonds. The van der Waals surface area contributed by atoms with E-state index in [1.165, 1.54) is 22.9 Å². The first-order valence-electron chi connectivity index (χ1n) is 7.37. The summed E-state index contributed by atoms with van der Waals surface area (Å²) >= 11 is 0. The van der Waals surface area contributed by atoms with E-state index in [1.54, 1.807) is 19.3 Å². The molecule has 130 valence electrons. The van der Waals surface area contributed by atoms with Gasteiger partial charge in [-0.1, -0.05) is 13.0 Å². The fraction of sp³-hybridized carbons (Fsp3) is 0.375. The van der Waals surface area contributed by atoms with Crippen molar-refractivity contribution in [1.29, 1.82) is 0 Å². The van der Waals surface area contributed by atoms with Gasteiger partial charge in [0.15, 0.2) is 0 Å². The van der Waals surface area contributed by atoms with Crippen molar-refractivity contribution in [2.45, 2.75) is 26.6 Å². The van der Waals surface area contributed by atoms with Crippen LogP contribution < -0.4 is 9.47 Å². The van der Waals surface area contributed by atoms with Crippen molar-refractivity contribution in [3.05, 3.63) is 41.6 Å². The highest BCUT2D eigenvalue weighted by Gasteiger charge is 2.20. The first-order valence-corrected chi connectivity index (χ1v) is 7.37. The van der Waals surface area contributed by atoms with Gasteiger partial charge in [-0.2, -0.15) is 8.78 Å². The smallest absolute Gasteiger partial charge is 0.387 e. The number of hydrogen-bond donors (Lipinski definition) is 0. The number of nitrogens with zero attached hydrogens (tertiary/aromatic N) is 2. The number of halogens is 2. The van der Waals surface area contributed by atoms with Crippen molar-refractivity contribution in [3.8, 4) is 11.6 Å². The molecule has 1 aromatic heterocycles. The first kappa shape index (κ1) is 17.7.